The van der Waals surface area contributed by atoms with E-state index in [2.05, 4.69) is 20.9 Å². The zero-order valence-electron chi connectivity index (χ0n) is 25.3. The van der Waals surface area contributed by atoms with Crippen molar-refractivity contribution in [2.75, 3.05) is 24.7 Å². The van der Waals surface area contributed by atoms with Crippen molar-refractivity contribution in [1.29, 1.82) is 0 Å². The SMILES string of the molecule is CC(C)NC(=O)Cn1nnc2c1-c1ccccc1N(C(=O)CCC(=O)NCCOCCC(=O)C(C)C)Cc1ccccc1-2. The lowest BCUT2D eigenvalue weighted by molar-refractivity contribution is -0.125. The van der Waals surface area contributed by atoms with Gasteiger partial charge in [-0.3, -0.25) is 19.2 Å². The number of benzene rings is 2. The molecule has 0 saturated carbocycles. The van der Waals surface area contributed by atoms with Crippen LogP contribution in [0.3, 0.4) is 0 Å². The van der Waals surface area contributed by atoms with Gasteiger partial charge in [-0.1, -0.05) is 61.5 Å². The second-order valence-corrected chi connectivity index (χ2v) is 11.2. The van der Waals surface area contributed by atoms with Crippen molar-refractivity contribution in [3.8, 4) is 22.5 Å². The van der Waals surface area contributed by atoms with Crippen LogP contribution in [0.4, 0.5) is 5.69 Å². The molecule has 0 radical (unpaired) electrons. The molecule has 3 aromatic rings. The number of hydrogen-bond donors (Lipinski definition) is 2. The molecule has 1 aliphatic heterocycles. The topological polar surface area (TPSA) is 136 Å². The maximum Gasteiger partial charge on any atom is 0.242 e. The summed E-state index contributed by atoms with van der Waals surface area (Å²) in [5.74, 6) is -0.530. The molecule has 3 amide bonds. The Morgan fingerprint density at radius 1 is 0.884 bits per heavy atom. The fraction of sp³-hybridized carbons (Fsp3) is 0.438. The van der Waals surface area contributed by atoms with Gasteiger partial charge in [-0.15, -0.1) is 5.10 Å². The number of rotatable bonds is 13. The quantitative estimate of drug-likeness (QED) is 0.292. The highest BCUT2D eigenvalue weighted by atomic mass is 16.5. The molecule has 11 heteroatoms. The summed E-state index contributed by atoms with van der Waals surface area (Å²) in [4.78, 5) is 52.3. The van der Waals surface area contributed by atoms with E-state index in [1.807, 2.05) is 76.2 Å². The Balaban J connectivity index is 1.49. The number of carbonyl (C=O) groups excluding carboxylic acids is 4. The maximum absolute atomic E-state index is 13.7. The molecule has 4 rings (SSSR count). The highest BCUT2D eigenvalue weighted by Gasteiger charge is 2.29. The first-order chi connectivity index (χ1) is 20.7. The van der Waals surface area contributed by atoms with Crippen LogP contribution in [0.2, 0.25) is 0 Å². The van der Waals surface area contributed by atoms with Crippen molar-refractivity contribution >= 4 is 29.2 Å². The molecule has 0 atom stereocenters. The molecular formula is C32H40N6O5. The number of carbonyl (C=O) groups is 4. The van der Waals surface area contributed by atoms with Crippen molar-refractivity contribution < 1.29 is 23.9 Å². The maximum atomic E-state index is 13.7. The number of nitrogens with zero attached hydrogens (tertiary/aromatic N) is 4. The number of nitrogens with one attached hydrogen (secondary N) is 2. The van der Waals surface area contributed by atoms with E-state index in [-0.39, 0.29) is 61.4 Å². The van der Waals surface area contributed by atoms with Gasteiger partial charge >= 0.3 is 0 Å². The second kappa shape index (κ2) is 14.7. The minimum atomic E-state index is -0.253. The molecule has 0 fully saturated rings. The molecule has 1 aromatic heterocycles. The van der Waals surface area contributed by atoms with Crippen molar-refractivity contribution in [1.82, 2.24) is 25.6 Å². The molecule has 0 unspecified atom stereocenters. The normalized spacial score (nSPS) is 12.2. The van der Waals surface area contributed by atoms with Crippen molar-refractivity contribution in [3.63, 3.8) is 0 Å². The largest absolute Gasteiger partial charge is 0.379 e. The lowest BCUT2D eigenvalue weighted by Gasteiger charge is -2.28. The minimum absolute atomic E-state index is 0.00719. The van der Waals surface area contributed by atoms with Crippen LogP contribution < -0.4 is 15.5 Å². The molecule has 43 heavy (non-hydrogen) atoms. The van der Waals surface area contributed by atoms with E-state index >= 15 is 0 Å². The first-order valence-electron chi connectivity index (χ1n) is 14.7. The van der Waals surface area contributed by atoms with Crippen LogP contribution in [-0.2, 0) is 37.0 Å². The summed E-state index contributed by atoms with van der Waals surface area (Å²) in [5, 5.41) is 14.5. The van der Waals surface area contributed by atoms with E-state index in [0.717, 1.165) is 16.7 Å². The molecule has 0 saturated heterocycles. The highest BCUT2D eigenvalue weighted by molar-refractivity contribution is 6.01. The van der Waals surface area contributed by atoms with Gasteiger partial charge in [0.25, 0.3) is 0 Å². The van der Waals surface area contributed by atoms with Crippen molar-refractivity contribution in [3.05, 3.63) is 54.1 Å². The fourth-order valence-corrected chi connectivity index (χ4v) is 4.92. The number of Topliss-reactive ketones (excluding diaryl/α,β-unsaturated/α-hetero) is 1. The van der Waals surface area contributed by atoms with Gasteiger partial charge in [-0.25, -0.2) is 4.68 Å². The molecule has 0 spiro atoms. The van der Waals surface area contributed by atoms with E-state index in [9.17, 15) is 19.2 Å². The molecule has 11 nitrogen and oxygen atoms in total. The Morgan fingerprint density at radius 2 is 1.60 bits per heavy atom. The van der Waals surface area contributed by atoms with Gasteiger partial charge in [0.05, 0.1) is 31.1 Å². The van der Waals surface area contributed by atoms with Crippen LogP contribution in [0.15, 0.2) is 48.5 Å². The third kappa shape index (κ3) is 8.13. The molecule has 2 heterocycles. The lowest BCUT2D eigenvalue weighted by Crippen LogP contribution is -2.34. The van der Waals surface area contributed by atoms with Crippen LogP contribution >= 0.6 is 0 Å². The van der Waals surface area contributed by atoms with E-state index < -0.39 is 0 Å². The number of ether oxygens (including phenoxy) is 1. The third-order valence-corrected chi connectivity index (χ3v) is 7.10. The molecule has 228 valence electrons. The second-order valence-electron chi connectivity index (χ2n) is 11.2. The van der Waals surface area contributed by atoms with Gasteiger partial charge in [-0.05, 0) is 25.5 Å². The summed E-state index contributed by atoms with van der Waals surface area (Å²) < 4.78 is 7.02. The first-order valence-corrected chi connectivity index (χ1v) is 14.7. The van der Waals surface area contributed by atoms with Crippen molar-refractivity contribution in [2.24, 2.45) is 5.92 Å². The fourth-order valence-electron chi connectivity index (χ4n) is 4.92. The van der Waals surface area contributed by atoms with E-state index in [1.165, 1.54) is 0 Å². The molecule has 2 N–H and O–H groups in total. The molecule has 0 bridgehead atoms. The zero-order chi connectivity index (χ0) is 30.9. The Kier molecular flexibility index (Phi) is 10.8. The zero-order valence-corrected chi connectivity index (χ0v) is 25.3. The van der Waals surface area contributed by atoms with Crippen LogP contribution in [-0.4, -0.2) is 64.3 Å². The van der Waals surface area contributed by atoms with Gasteiger partial charge in [0.1, 0.15) is 18.0 Å². The van der Waals surface area contributed by atoms with Gasteiger partial charge < -0.3 is 20.3 Å². The molecule has 1 aliphatic rings. The Bertz CT molecular complexity index is 1460. The number of fused-ring (bicyclic) bond motifs is 5. The Hall–Kier alpha value is -4.38. The first kappa shape index (κ1) is 31.6. The average Bonchev–Trinajstić information content (AvgIpc) is 3.37. The molecule has 2 aromatic carbocycles. The standard InChI is InChI=1S/C32H40N6O5/c1-21(2)27(39)15-17-43-18-16-33-28(40)13-14-30(42)37-19-23-9-5-6-10-24(23)31-32(25-11-7-8-12-26(25)37)38(36-35-31)20-29(41)34-22(3)4/h5-12,21-22H,13-20H2,1-4H3,(H,33,40)(H,34,41). The van der Waals surface area contributed by atoms with Crippen molar-refractivity contribution in [2.45, 2.75) is 66.1 Å². The van der Waals surface area contributed by atoms with Crippen LogP contribution in [0.25, 0.3) is 22.5 Å². The minimum Gasteiger partial charge on any atom is -0.379 e. The summed E-state index contributed by atoms with van der Waals surface area (Å²) in [6.07, 6.45) is 0.377. The van der Waals surface area contributed by atoms with Crippen LogP contribution in [0.1, 0.15) is 52.5 Å². The number of aromatic nitrogens is 3. The number of hydrogen-bond acceptors (Lipinski definition) is 7. The smallest absolute Gasteiger partial charge is 0.242 e. The number of para-hydroxylation sites is 1. The Labute approximate surface area is 252 Å². The van der Waals surface area contributed by atoms with Gasteiger partial charge in [0, 0.05) is 48.9 Å². The van der Waals surface area contributed by atoms with Gasteiger partial charge in [0.15, 0.2) is 0 Å². The monoisotopic (exact) mass is 588 g/mol. The average molecular weight is 589 g/mol. The summed E-state index contributed by atoms with van der Waals surface area (Å²) in [5.41, 5.74) is 4.37. The van der Waals surface area contributed by atoms with Crippen LogP contribution in [0, 0.1) is 5.92 Å². The summed E-state index contributed by atoms with van der Waals surface area (Å²) >= 11 is 0. The Morgan fingerprint density at radius 3 is 2.35 bits per heavy atom. The predicted molar refractivity (Wildman–Crippen MR) is 163 cm³/mol. The molecular weight excluding hydrogens is 548 g/mol. The van der Waals surface area contributed by atoms with Gasteiger partial charge in [0.2, 0.25) is 17.7 Å². The predicted octanol–water partition coefficient (Wildman–Crippen LogP) is 3.51. The van der Waals surface area contributed by atoms with E-state index in [4.69, 9.17) is 4.74 Å². The van der Waals surface area contributed by atoms with E-state index in [1.54, 1.807) is 9.58 Å². The van der Waals surface area contributed by atoms with Crippen LogP contribution in [0.5, 0.6) is 0 Å². The van der Waals surface area contributed by atoms with E-state index in [0.29, 0.717) is 43.3 Å². The number of amides is 3. The third-order valence-electron chi connectivity index (χ3n) is 7.10. The molecule has 0 aliphatic carbocycles. The number of anilines is 1. The summed E-state index contributed by atoms with van der Waals surface area (Å²) in [6, 6.07) is 15.1. The summed E-state index contributed by atoms with van der Waals surface area (Å²) in [6.45, 7) is 8.67. The van der Waals surface area contributed by atoms with Gasteiger partial charge in [-0.2, -0.15) is 0 Å². The summed E-state index contributed by atoms with van der Waals surface area (Å²) in [7, 11) is 0. The number of ketones is 1. The lowest BCUT2D eigenvalue weighted by atomic mass is 9.95. The highest BCUT2D eigenvalue weighted by Crippen LogP contribution is 2.41.